The molecule has 0 bridgehead atoms. The number of rotatable bonds is 9. The zero-order valence-electron chi connectivity index (χ0n) is 21.9. The Kier molecular flexibility index (Phi) is 7.94. The van der Waals surface area contributed by atoms with Gasteiger partial charge in [0.05, 0.1) is 12.0 Å². The molecule has 37 heavy (non-hydrogen) atoms. The van der Waals surface area contributed by atoms with Crippen LogP contribution in [0.1, 0.15) is 77.3 Å². The maximum absolute atomic E-state index is 13.9. The Hall–Kier alpha value is -3.12. The zero-order chi connectivity index (χ0) is 25.8. The molecule has 2 aromatic carbocycles. The number of carbonyl (C=O) groups excluding carboxylic acids is 2. The lowest BCUT2D eigenvalue weighted by atomic mass is 9.80. The third-order valence-corrected chi connectivity index (χ3v) is 8.81. The van der Waals surface area contributed by atoms with Gasteiger partial charge in [-0.3, -0.25) is 9.59 Å². The first kappa shape index (κ1) is 25.5. The van der Waals surface area contributed by atoms with Gasteiger partial charge in [-0.05, 0) is 73.9 Å². The van der Waals surface area contributed by atoms with Gasteiger partial charge in [0, 0.05) is 41.8 Å². The van der Waals surface area contributed by atoms with E-state index in [1.54, 1.807) is 11.3 Å². The molecule has 0 spiro atoms. The third kappa shape index (κ3) is 5.30. The van der Waals surface area contributed by atoms with E-state index in [1.165, 1.54) is 11.3 Å². The number of fused-ring (bicyclic) bond motifs is 1. The van der Waals surface area contributed by atoms with Gasteiger partial charge in [-0.2, -0.15) is 0 Å². The normalized spacial score (nSPS) is 19.6. The van der Waals surface area contributed by atoms with E-state index in [1.807, 2.05) is 35.7 Å². The molecule has 0 saturated heterocycles. The van der Waals surface area contributed by atoms with E-state index in [2.05, 4.69) is 59.3 Å². The second-order valence-corrected chi connectivity index (χ2v) is 11.2. The van der Waals surface area contributed by atoms with E-state index in [4.69, 9.17) is 0 Å². The average molecular weight is 516 g/mol. The molecule has 1 N–H and O–H groups in total. The van der Waals surface area contributed by atoms with Gasteiger partial charge < -0.3 is 15.1 Å². The van der Waals surface area contributed by atoms with Gasteiger partial charge in [-0.25, -0.2) is 0 Å². The summed E-state index contributed by atoms with van der Waals surface area (Å²) in [6, 6.07) is 20.3. The molecule has 5 nitrogen and oxygen atoms in total. The van der Waals surface area contributed by atoms with E-state index < -0.39 is 5.92 Å². The Bertz CT molecular complexity index is 1220. The number of nitrogens with one attached hydrogen (secondary N) is 1. The highest BCUT2D eigenvalue weighted by Crippen LogP contribution is 2.47. The maximum Gasteiger partial charge on any atom is 0.254 e. The van der Waals surface area contributed by atoms with Gasteiger partial charge in [0.25, 0.3) is 5.91 Å². The molecule has 1 aromatic heterocycles. The lowest BCUT2D eigenvalue weighted by molar-refractivity contribution is -0.124. The summed E-state index contributed by atoms with van der Waals surface area (Å²) in [6.07, 6.45) is 5.15. The topological polar surface area (TPSA) is 52.7 Å². The van der Waals surface area contributed by atoms with Crippen molar-refractivity contribution in [1.29, 1.82) is 0 Å². The molecule has 2 heterocycles. The van der Waals surface area contributed by atoms with Crippen LogP contribution in [-0.4, -0.2) is 42.4 Å². The fourth-order valence-electron chi connectivity index (χ4n) is 6.07. The summed E-state index contributed by atoms with van der Waals surface area (Å²) in [4.78, 5) is 33.2. The zero-order valence-corrected chi connectivity index (χ0v) is 22.7. The van der Waals surface area contributed by atoms with E-state index in [0.29, 0.717) is 12.1 Å². The van der Waals surface area contributed by atoms with E-state index in [-0.39, 0.29) is 23.9 Å². The highest BCUT2D eigenvalue weighted by atomic mass is 32.1. The van der Waals surface area contributed by atoms with Gasteiger partial charge in [0.2, 0.25) is 5.91 Å². The van der Waals surface area contributed by atoms with E-state index >= 15 is 0 Å². The van der Waals surface area contributed by atoms with Crippen LogP contribution < -0.4 is 10.2 Å². The minimum atomic E-state index is -0.410. The molecule has 2 aliphatic rings. The number of hydrogen-bond acceptors (Lipinski definition) is 4. The van der Waals surface area contributed by atoms with Gasteiger partial charge in [0.15, 0.2) is 0 Å². The SMILES string of the molecule is CCN(CCCNC(=O)[C@H]1c2ccccc2C(=O)N(C2CCCC2)[C@@H]1c1cccs1)c1cccc(C)c1. The monoisotopic (exact) mass is 515 g/mol. The van der Waals surface area contributed by atoms with Crippen LogP contribution in [0, 0.1) is 6.92 Å². The summed E-state index contributed by atoms with van der Waals surface area (Å²) in [5.41, 5.74) is 4.01. The average Bonchev–Trinajstić information content (AvgIpc) is 3.63. The number of anilines is 1. The highest BCUT2D eigenvalue weighted by Gasteiger charge is 2.47. The molecule has 2 atom stereocenters. The van der Waals surface area contributed by atoms with Crippen molar-refractivity contribution in [3.05, 3.63) is 87.6 Å². The van der Waals surface area contributed by atoms with Crippen LogP contribution >= 0.6 is 11.3 Å². The number of nitrogens with zero attached hydrogens (tertiary/aromatic N) is 2. The van der Waals surface area contributed by atoms with Gasteiger partial charge in [0.1, 0.15) is 0 Å². The Labute approximate surface area is 224 Å². The molecule has 1 fully saturated rings. The summed E-state index contributed by atoms with van der Waals surface area (Å²) in [7, 11) is 0. The minimum Gasteiger partial charge on any atom is -0.372 e. The Morgan fingerprint density at radius 3 is 2.62 bits per heavy atom. The molecular formula is C31H37N3O2S. The van der Waals surface area contributed by atoms with Crippen molar-refractivity contribution in [2.75, 3.05) is 24.5 Å². The fraction of sp³-hybridized carbons (Fsp3) is 0.419. The summed E-state index contributed by atoms with van der Waals surface area (Å²) in [5.74, 6) is -0.325. The molecule has 0 unspecified atom stereocenters. The predicted molar refractivity (Wildman–Crippen MR) is 151 cm³/mol. The summed E-state index contributed by atoms with van der Waals surface area (Å²) in [6.45, 7) is 6.69. The summed E-state index contributed by atoms with van der Waals surface area (Å²) in [5, 5.41) is 5.30. The first-order chi connectivity index (χ1) is 18.1. The molecule has 2 amide bonds. The van der Waals surface area contributed by atoms with Crippen molar-refractivity contribution in [2.45, 2.75) is 64.0 Å². The van der Waals surface area contributed by atoms with Crippen LogP contribution in [0.25, 0.3) is 0 Å². The first-order valence-electron chi connectivity index (χ1n) is 13.6. The molecule has 194 valence electrons. The number of hydrogen-bond donors (Lipinski definition) is 1. The molecule has 1 aliphatic carbocycles. The molecule has 6 heteroatoms. The number of carbonyl (C=O) groups is 2. The summed E-state index contributed by atoms with van der Waals surface area (Å²) >= 11 is 1.64. The van der Waals surface area contributed by atoms with Crippen molar-refractivity contribution < 1.29 is 9.59 Å². The fourth-order valence-corrected chi connectivity index (χ4v) is 6.93. The minimum absolute atomic E-state index is 0.0138. The first-order valence-corrected chi connectivity index (χ1v) is 14.5. The molecule has 1 saturated carbocycles. The molecule has 3 aromatic rings. The van der Waals surface area contributed by atoms with Crippen molar-refractivity contribution in [3.63, 3.8) is 0 Å². The van der Waals surface area contributed by atoms with E-state index in [9.17, 15) is 9.59 Å². The lowest BCUT2D eigenvalue weighted by Crippen LogP contribution is -2.50. The number of thiophene rings is 1. The molecule has 1 aliphatic heterocycles. The number of aryl methyl sites for hydroxylation is 1. The van der Waals surface area contributed by atoms with Crippen molar-refractivity contribution >= 4 is 28.8 Å². The van der Waals surface area contributed by atoms with Crippen LogP contribution in [0.5, 0.6) is 0 Å². The van der Waals surface area contributed by atoms with Crippen molar-refractivity contribution in [1.82, 2.24) is 10.2 Å². The second kappa shape index (κ2) is 11.5. The van der Waals surface area contributed by atoms with Crippen LogP contribution in [-0.2, 0) is 4.79 Å². The second-order valence-electron chi connectivity index (χ2n) is 10.2. The largest absolute Gasteiger partial charge is 0.372 e. The van der Waals surface area contributed by atoms with Gasteiger partial charge in [-0.1, -0.05) is 49.2 Å². The standard InChI is InChI=1S/C31H37N3O2S/c1-3-33(24-14-8-11-22(2)21-24)19-10-18-32-30(35)28-25-15-6-7-16-26(25)31(36)34(23-12-4-5-13-23)29(28)27-17-9-20-37-27/h6-9,11,14-17,20-21,23,28-29H,3-5,10,12-13,18-19H2,1-2H3,(H,32,35)/t28-,29+/m0/s1. The Balaban J connectivity index is 1.36. The summed E-state index contributed by atoms with van der Waals surface area (Å²) < 4.78 is 0. The van der Waals surface area contributed by atoms with Crippen LogP contribution in [0.15, 0.2) is 66.0 Å². The third-order valence-electron chi connectivity index (χ3n) is 7.86. The van der Waals surface area contributed by atoms with Crippen LogP contribution in [0.2, 0.25) is 0 Å². The van der Waals surface area contributed by atoms with E-state index in [0.717, 1.165) is 55.6 Å². The van der Waals surface area contributed by atoms with Gasteiger partial charge >= 0.3 is 0 Å². The highest BCUT2D eigenvalue weighted by molar-refractivity contribution is 7.10. The van der Waals surface area contributed by atoms with Crippen molar-refractivity contribution in [3.8, 4) is 0 Å². The van der Waals surface area contributed by atoms with Crippen LogP contribution in [0.3, 0.4) is 0 Å². The predicted octanol–water partition coefficient (Wildman–Crippen LogP) is 6.31. The Morgan fingerprint density at radius 1 is 1.08 bits per heavy atom. The van der Waals surface area contributed by atoms with Crippen molar-refractivity contribution in [2.24, 2.45) is 0 Å². The lowest BCUT2D eigenvalue weighted by Gasteiger charge is -2.44. The Morgan fingerprint density at radius 2 is 1.89 bits per heavy atom. The molecular weight excluding hydrogens is 478 g/mol. The quantitative estimate of drug-likeness (QED) is 0.340. The maximum atomic E-state index is 13.9. The molecule has 5 rings (SSSR count). The molecule has 0 radical (unpaired) electrons. The number of benzene rings is 2. The van der Waals surface area contributed by atoms with Crippen LogP contribution in [0.4, 0.5) is 5.69 Å². The smallest absolute Gasteiger partial charge is 0.254 e. The van der Waals surface area contributed by atoms with Gasteiger partial charge in [-0.15, -0.1) is 11.3 Å². The number of amides is 2.